The number of aryl methyl sites for hydroxylation is 3. The summed E-state index contributed by atoms with van der Waals surface area (Å²) in [7, 11) is -2.33. The monoisotopic (exact) mass is 381 g/mol. The fourth-order valence-electron chi connectivity index (χ4n) is 2.24. The lowest BCUT2D eigenvalue weighted by molar-refractivity contribution is -0.651. The Morgan fingerprint density at radius 3 is 2.20 bits per heavy atom. The lowest BCUT2D eigenvalue weighted by Gasteiger charge is -2.05. The van der Waals surface area contributed by atoms with Crippen molar-refractivity contribution in [3.8, 4) is 0 Å². The Balaban J connectivity index is 0.000000186. The van der Waals surface area contributed by atoms with Gasteiger partial charge in [0, 0.05) is 19.1 Å². The summed E-state index contributed by atoms with van der Waals surface area (Å²) < 4.78 is 46.1. The fourth-order valence-corrected chi connectivity index (χ4v) is 3.02. The van der Waals surface area contributed by atoms with Crippen LogP contribution >= 0.6 is 11.6 Å². The normalized spacial score (nSPS) is 11.1. The van der Waals surface area contributed by atoms with E-state index in [-0.39, 0.29) is 10.7 Å². The largest absolute Gasteiger partial charge is 0.744 e. The molecule has 0 aliphatic carbocycles. The highest BCUT2D eigenvalue weighted by atomic mass is 35.5. The van der Waals surface area contributed by atoms with E-state index in [1.54, 1.807) is 18.2 Å². The zero-order valence-electron chi connectivity index (χ0n) is 14.0. The Labute approximate surface area is 151 Å². The Morgan fingerprint density at radius 1 is 1.04 bits per heavy atom. The van der Waals surface area contributed by atoms with Crippen LogP contribution in [0.5, 0.6) is 0 Å². The third kappa shape index (κ3) is 4.75. The molecule has 25 heavy (non-hydrogen) atoms. The summed E-state index contributed by atoms with van der Waals surface area (Å²) in [6, 6.07) is 12.3. The van der Waals surface area contributed by atoms with Crippen molar-refractivity contribution in [2.24, 2.45) is 7.05 Å². The number of rotatable bonds is 1. The first-order chi connectivity index (χ1) is 11.6. The number of hydrogen-bond acceptors (Lipinski definition) is 3. The minimum Gasteiger partial charge on any atom is -0.744 e. The quantitative estimate of drug-likeness (QED) is 0.477. The summed E-state index contributed by atoms with van der Waals surface area (Å²) in [5.74, 6) is -0.261. The van der Waals surface area contributed by atoms with E-state index in [1.165, 1.54) is 24.3 Å². The number of aromatic nitrogens is 1. The van der Waals surface area contributed by atoms with Gasteiger partial charge < -0.3 is 4.55 Å². The van der Waals surface area contributed by atoms with Gasteiger partial charge in [0.05, 0.1) is 15.3 Å². The molecule has 4 nitrogen and oxygen atoms in total. The van der Waals surface area contributed by atoms with Crippen molar-refractivity contribution in [2.75, 3.05) is 0 Å². The second kappa shape index (κ2) is 7.47. The zero-order chi connectivity index (χ0) is 18.8. The SMILES string of the molecule is Cc1cc(Cl)c2cc(F)ccc2[n+]1C.Cc1ccc(S(=O)(=O)[O-])cc1. The molecule has 0 N–H and O–H groups in total. The molecular weight excluding hydrogens is 365 g/mol. The van der Waals surface area contributed by atoms with E-state index < -0.39 is 10.1 Å². The highest BCUT2D eigenvalue weighted by Crippen LogP contribution is 2.22. The molecule has 132 valence electrons. The third-order valence-electron chi connectivity index (χ3n) is 3.75. The van der Waals surface area contributed by atoms with Crippen molar-refractivity contribution in [3.63, 3.8) is 0 Å². The molecule has 0 saturated heterocycles. The van der Waals surface area contributed by atoms with Crippen LogP contribution in [0.25, 0.3) is 10.9 Å². The van der Waals surface area contributed by atoms with Crippen molar-refractivity contribution in [3.05, 3.63) is 70.6 Å². The number of nitrogens with zero attached hydrogens (tertiary/aromatic N) is 1. The van der Waals surface area contributed by atoms with Gasteiger partial charge in [0.2, 0.25) is 5.52 Å². The van der Waals surface area contributed by atoms with Crippen LogP contribution < -0.4 is 4.57 Å². The van der Waals surface area contributed by atoms with E-state index in [1.807, 2.05) is 31.5 Å². The average Bonchev–Trinajstić information content (AvgIpc) is 2.53. The first kappa shape index (κ1) is 19.3. The maximum absolute atomic E-state index is 13.0. The van der Waals surface area contributed by atoms with Crippen molar-refractivity contribution in [2.45, 2.75) is 18.7 Å². The van der Waals surface area contributed by atoms with Crippen molar-refractivity contribution < 1.29 is 21.9 Å². The molecular formula is C18H17ClFNO3S. The molecule has 7 heteroatoms. The summed E-state index contributed by atoms with van der Waals surface area (Å²) in [4.78, 5) is -0.178. The fraction of sp³-hybridized carbons (Fsp3) is 0.167. The van der Waals surface area contributed by atoms with Gasteiger partial charge in [-0.25, -0.2) is 12.8 Å². The maximum Gasteiger partial charge on any atom is 0.214 e. The number of benzene rings is 2. The molecule has 1 heterocycles. The van der Waals surface area contributed by atoms with Gasteiger partial charge in [0.1, 0.15) is 23.0 Å². The van der Waals surface area contributed by atoms with Crippen LogP contribution in [0.1, 0.15) is 11.3 Å². The molecule has 0 radical (unpaired) electrons. The Morgan fingerprint density at radius 2 is 1.64 bits per heavy atom. The number of fused-ring (bicyclic) bond motifs is 1. The Bertz CT molecular complexity index is 1020. The van der Waals surface area contributed by atoms with Crippen LogP contribution in [-0.4, -0.2) is 13.0 Å². The van der Waals surface area contributed by atoms with Gasteiger partial charge in [-0.05, 0) is 31.2 Å². The molecule has 3 aromatic rings. The van der Waals surface area contributed by atoms with E-state index >= 15 is 0 Å². The van der Waals surface area contributed by atoms with E-state index in [0.29, 0.717) is 5.02 Å². The van der Waals surface area contributed by atoms with E-state index in [4.69, 9.17) is 11.6 Å². The zero-order valence-corrected chi connectivity index (χ0v) is 15.5. The summed E-state index contributed by atoms with van der Waals surface area (Å²) in [6.45, 7) is 3.79. The van der Waals surface area contributed by atoms with Gasteiger partial charge in [-0.3, -0.25) is 0 Å². The Hall–Kier alpha value is -2.02. The van der Waals surface area contributed by atoms with Crippen LogP contribution in [0, 0.1) is 19.7 Å². The van der Waals surface area contributed by atoms with Gasteiger partial charge in [-0.2, -0.15) is 4.57 Å². The number of hydrogen-bond donors (Lipinski definition) is 0. The third-order valence-corrected chi connectivity index (χ3v) is 4.91. The number of pyridine rings is 1. The van der Waals surface area contributed by atoms with Gasteiger partial charge in [0.15, 0.2) is 5.69 Å². The van der Waals surface area contributed by atoms with Crippen LogP contribution in [-0.2, 0) is 17.2 Å². The molecule has 0 saturated carbocycles. The molecule has 0 aliphatic heterocycles. The highest BCUT2D eigenvalue weighted by Gasteiger charge is 2.12. The second-order valence-electron chi connectivity index (χ2n) is 5.62. The molecule has 0 aliphatic rings. The van der Waals surface area contributed by atoms with Crippen LogP contribution in [0.15, 0.2) is 53.4 Å². The Kier molecular flexibility index (Phi) is 5.77. The molecule has 0 bridgehead atoms. The lowest BCUT2D eigenvalue weighted by Crippen LogP contribution is -2.32. The van der Waals surface area contributed by atoms with E-state index in [2.05, 4.69) is 0 Å². The standard InChI is InChI=1S/C11H10ClFN.C7H8O3S/c1-7-5-10(12)9-6-8(13)3-4-11(9)14(7)2;1-6-2-4-7(5-3-6)11(8,9)10/h3-6H,1-2H3;2-5H,1H3,(H,8,9,10)/q+1;/p-1. The lowest BCUT2D eigenvalue weighted by atomic mass is 10.2. The first-order valence-corrected chi connectivity index (χ1v) is 9.15. The molecule has 0 unspecified atom stereocenters. The molecule has 0 fully saturated rings. The maximum atomic E-state index is 13.0. The summed E-state index contributed by atoms with van der Waals surface area (Å²) in [5, 5.41) is 1.34. The minimum absolute atomic E-state index is 0.178. The molecule has 2 aromatic carbocycles. The van der Waals surface area contributed by atoms with E-state index in [0.717, 1.165) is 22.2 Å². The van der Waals surface area contributed by atoms with Crippen molar-refractivity contribution >= 4 is 32.6 Å². The van der Waals surface area contributed by atoms with Gasteiger partial charge in [0.25, 0.3) is 0 Å². The summed E-state index contributed by atoms with van der Waals surface area (Å²) >= 11 is 6.03. The molecule has 0 atom stereocenters. The topological polar surface area (TPSA) is 61.1 Å². The molecule has 0 spiro atoms. The predicted molar refractivity (Wildman–Crippen MR) is 94.0 cm³/mol. The van der Waals surface area contributed by atoms with E-state index in [9.17, 15) is 17.4 Å². The molecule has 3 rings (SSSR count). The minimum atomic E-state index is -4.27. The molecule has 1 aromatic heterocycles. The summed E-state index contributed by atoms with van der Waals surface area (Å²) in [6.07, 6.45) is 0. The first-order valence-electron chi connectivity index (χ1n) is 7.36. The number of halogens is 2. The van der Waals surface area contributed by atoms with Crippen molar-refractivity contribution in [1.82, 2.24) is 0 Å². The van der Waals surface area contributed by atoms with Crippen LogP contribution in [0.2, 0.25) is 5.02 Å². The van der Waals surface area contributed by atoms with Crippen LogP contribution in [0.4, 0.5) is 4.39 Å². The van der Waals surface area contributed by atoms with Gasteiger partial charge in [-0.1, -0.05) is 29.3 Å². The smallest absolute Gasteiger partial charge is 0.214 e. The second-order valence-corrected chi connectivity index (χ2v) is 7.41. The van der Waals surface area contributed by atoms with Gasteiger partial charge >= 0.3 is 0 Å². The van der Waals surface area contributed by atoms with Gasteiger partial charge in [-0.15, -0.1) is 0 Å². The molecule has 0 amide bonds. The van der Waals surface area contributed by atoms with Crippen molar-refractivity contribution in [1.29, 1.82) is 0 Å². The predicted octanol–water partition coefficient (Wildman–Crippen LogP) is 3.66. The summed E-state index contributed by atoms with van der Waals surface area (Å²) in [5.41, 5.74) is 2.92. The van der Waals surface area contributed by atoms with Crippen LogP contribution in [0.3, 0.4) is 0 Å². The highest BCUT2D eigenvalue weighted by molar-refractivity contribution is 7.85. The average molecular weight is 382 g/mol.